The predicted octanol–water partition coefficient (Wildman–Crippen LogP) is 6.74. The first kappa shape index (κ1) is 33.1. The Kier molecular flexibility index (Phi) is 11.4. The minimum absolute atomic E-state index is 0.00569. The zero-order valence-corrected chi connectivity index (χ0v) is 26.9. The van der Waals surface area contributed by atoms with Crippen LogP contribution in [0.1, 0.15) is 31.4 Å². The summed E-state index contributed by atoms with van der Waals surface area (Å²) in [5, 5.41) is 3.45. The Labute approximate surface area is 269 Å². The lowest BCUT2D eigenvalue weighted by atomic mass is 10.0. The predicted molar refractivity (Wildman–Crippen MR) is 176 cm³/mol. The molecule has 2 atom stereocenters. The van der Waals surface area contributed by atoms with E-state index in [2.05, 4.69) is 5.32 Å². The van der Waals surface area contributed by atoms with Crippen LogP contribution in [-0.2, 0) is 32.6 Å². The van der Waals surface area contributed by atoms with Crippen molar-refractivity contribution in [1.82, 2.24) is 10.2 Å². The number of amides is 2. The maximum absolute atomic E-state index is 14.4. The van der Waals surface area contributed by atoms with Crippen LogP contribution in [0.4, 0.5) is 5.69 Å². The molecule has 0 aliphatic heterocycles. The molecule has 2 unspecified atom stereocenters. The molecule has 0 spiro atoms. The van der Waals surface area contributed by atoms with Gasteiger partial charge in [-0.2, -0.15) is 0 Å². The first-order chi connectivity index (χ1) is 21.1. The molecule has 230 valence electrons. The van der Waals surface area contributed by atoms with Crippen molar-refractivity contribution in [1.29, 1.82) is 0 Å². The van der Waals surface area contributed by atoms with E-state index in [1.807, 2.05) is 74.5 Å². The van der Waals surface area contributed by atoms with Crippen molar-refractivity contribution in [3.63, 3.8) is 0 Å². The third-order valence-corrected chi connectivity index (χ3v) is 9.44. The Bertz CT molecular complexity index is 1640. The van der Waals surface area contributed by atoms with Gasteiger partial charge >= 0.3 is 0 Å². The summed E-state index contributed by atoms with van der Waals surface area (Å²) in [4.78, 5) is 29.7. The molecule has 0 bridgehead atoms. The van der Waals surface area contributed by atoms with Crippen LogP contribution in [0.2, 0.25) is 10.0 Å². The lowest BCUT2D eigenvalue weighted by Crippen LogP contribution is -2.54. The fourth-order valence-electron chi connectivity index (χ4n) is 4.71. The summed E-state index contributed by atoms with van der Waals surface area (Å²) in [7, 11) is -4.25. The number of carbonyl (C=O) groups is 2. The van der Waals surface area contributed by atoms with Gasteiger partial charge in [0.05, 0.1) is 10.6 Å². The minimum Gasteiger partial charge on any atom is -0.352 e. The molecule has 44 heavy (non-hydrogen) atoms. The Balaban J connectivity index is 1.81. The lowest BCUT2D eigenvalue weighted by Gasteiger charge is -2.34. The number of nitrogens with zero attached hydrogens (tertiary/aromatic N) is 2. The van der Waals surface area contributed by atoms with E-state index in [0.717, 1.165) is 15.4 Å². The first-order valence-corrected chi connectivity index (χ1v) is 16.5. The van der Waals surface area contributed by atoms with Gasteiger partial charge < -0.3 is 10.2 Å². The maximum atomic E-state index is 14.4. The largest absolute Gasteiger partial charge is 0.352 e. The second-order valence-corrected chi connectivity index (χ2v) is 13.2. The fourth-order valence-corrected chi connectivity index (χ4v) is 6.64. The molecule has 0 aliphatic rings. The molecule has 4 aromatic carbocycles. The van der Waals surface area contributed by atoms with Crippen molar-refractivity contribution < 1.29 is 18.0 Å². The average molecular weight is 653 g/mol. The summed E-state index contributed by atoms with van der Waals surface area (Å²) in [6, 6.07) is 29.9. The van der Waals surface area contributed by atoms with Crippen LogP contribution in [0.3, 0.4) is 0 Å². The lowest BCUT2D eigenvalue weighted by molar-refractivity contribution is -0.140. The monoisotopic (exact) mass is 651 g/mol. The number of anilines is 1. The van der Waals surface area contributed by atoms with E-state index in [9.17, 15) is 18.0 Å². The van der Waals surface area contributed by atoms with Crippen molar-refractivity contribution in [2.45, 2.75) is 50.2 Å². The number of sulfonamides is 1. The van der Waals surface area contributed by atoms with Crippen molar-refractivity contribution in [3.05, 3.63) is 130 Å². The molecule has 0 fully saturated rings. The van der Waals surface area contributed by atoms with Crippen molar-refractivity contribution in [2.75, 3.05) is 10.8 Å². The van der Waals surface area contributed by atoms with Gasteiger partial charge in [0.2, 0.25) is 11.8 Å². The molecular formula is C34H35Cl2N3O4S. The molecule has 7 nitrogen and oxygen atoms in total. The highest BCUT2D eigenvalue weighted by Crippen LogP contribution is 2.30. The second-order valence-electron chi connectivity index (χ2n) is 10.5. The number of hydrogen-bond donors (Lipinski definition) is 1. The standard InChI is InChI=1S/C34H35Cl2N3O4S/c1-3-25(2)37-34(41)32(19-26-13-7-4-8-14-26)38(23-27-15-9-5-10-16-27)33(40)24-39(30-21-28(35)20-29(36)22-30)44(42,43)31-17-11-6-12-18-31/h4-18,20-22,25,32H,3,19,23-24H2,1-2H3,(H,37,41). The van der Waals surface area contributed by atoms with E-state index in [1.54, 1.807) is 18.2 Å². The van der Waals surface area contributed by atoms with Crippen LogP contribution in [0, 0.1) is 0 Å². The third kappa shape index (κ3) is 8.62. The normalized spacial score (nSPS) is 12.6. The van der Waals surface area contributed by atoms with Gasteiger partial charge in [-0.15, -0.1) is 0 Å². The quantitative estimate of drug-likeness (QED) is 0.173. The Morgan fingerprint density at radius 2 is 1.32 bits per heavy atom. The molecule has 0 saturated carbocycles. The molecule has 0 aromatic heterocycles. The molecule has 0 saturated heterocycles. The molecule has 0 radical (unpaired) electrons. The van der Waals surface area contributed by atoms with Gasteiger partial charge in [-0.05, 0) is 54.8 Å². The highest BCUT2D eigenvalue weighted by molar-refractivity contribution is 7.92. The van der Waals surface area contributed by atoms with Gasteiger partial charge in [0.25, 0.3) is 10.0 Å². The summed E-state index contributed by atoms with van der Waals surface area (Å²) in [5.41, 5.74) is 1.78. The second kappa shape index (κ2) is 15.2. The van der Waals surface area contributed by atoms with Crippen LogP contribution in [-0.4, -0.2) is 43.8 Å². The zero-order chi connectivity index (χ0) is 31.7. The van der Waals surface area contributed by atoms with Crippen molar-refractivity contribution in [3.8, 4) is 0 Å². The Morgan fingerprint density at radius 3 is 1.86 bits per heavy atom. The zero-order valence-electron chi connectivity index (χ0n) is 24.6. The molecule has 4 rings (SSSR count). The summed E-state index contributed by atoms with van der Waals surface area (Å²) in [6.45, 7) is 3.35. The summed E-state index contributed by atoms with van der Waals surface area (Å²) in [5.74, 6) is -0.888. The van der Waals surface area contributed by atoms with E-state index in [4.69, 9.17) is 23.2 Å². The number of rotatable bonds is 13. The van der Waals surface area contributed by atoms with Crippen LogP contribution in [0.25, 0.3) is 0 Å². The molecular weight excluding hydrogens is 617 g/mol. The molecule has 2 amide bonds. The minimum atomic E-state index is -4.25. The van der Waals surface area contributed by atoms with E-state index >= 15 is 0 Å². The summed E-state index contributed by atoms with van der Waals surface area (Å²) >= 11 is 12.6. The molecule has 10 heteroatoms. The number of benzene rings is 4. The van der Waals surface area contributed by atoms with Crippen LogP contribution < -0.4 is 9.62 Å². The smallest absolute Gasteiger partial charge is 0.264 e. The van der Waals surface area contributed by atoms with Crippen LogP contribution in [0.15, 0.2) is 114 Å². The van der Waals surface area contributed by atoms with Crippen LogP contribution in [0.5, 0.6) is 0 Å². The van der Waals surface area contributed by atoms with Crippen LogP contribution >= 0.6 is 23.2 Å². The van der Waals surface area contributed by atoms with Gasteiger partial charge in [-0.1, -0.05) is 109 Å². The maximum Gasteiger partial charge on any atom is 0.264 e. The van der Waals surface area contributed by atoms with E-state index in [1.165, 1.54) is 35.2 Å². The van der Waals surface area contributed by atoms with Gasteiger partial charge in [0.1, 0.15) is 12.6 Å². The van der Waals surface area contributed by atoms with E-state index in [-0.39, 0.29) is 45.5 Å². The van der Waals surface area contributed by atoms with E-state index < -0.39 is 28.5 Å². The average Bonchev–Trinajstić information content (AvgIpc) is 3.02. The summed E-state index contributed by atoms with van der Waals surface area (Å²) < 4.78 is 29.1. The molecule has 4 aromatic rings. The Hall–Kier alpha value is -3.85. The Morgan fingerprint density at radius 1 is 0.795 bits per heavy atom. The van der Waals surface area contributed by atoms with Gasteiger partial charge in [-0.3, -0.25) is 13.9 Å². The topological polar surface area (TPSA) is 86.8 Å². The number of hydrogen-bond acceptors (Lipinski definition) is 4. The van der Waals surface area contributed by atoms with Gasteiger partial charge in [-0.25, -0.2) is 8.42 Å². The number of halogens is 2. The fraction of sp³-hybridized carbons (Fsp3) is 0.235. The van der Waals surface area contributed by atoms with E-state index in [0.29, 0.717) is 6.42 Å². The van der Waals surface area contributed by atoms with Gasteiger partial charge in [0, 0.05) is 29.1 Å². The molecule has 0 aliphatic carbocycles. The number of carbonyl (C=O) groups excluding carboxylic acids is 2. The van der Waals surface area contributed by atoms with Crippen molar-refractivity contribution >= 4 is 50.7 Å². The first-order valence-electron chi connectivity index (χ1n) is 14.3. The molecule has 1 N–H and O–H groups in total. The SMILES string of the molecule is CCC(C)NC(=O)C(Cc1ccccc1)N(Cc1ccccc1)C(=O)CN(c1cc(Cl)cc(Cl)c1)S(=O)(=O)c1ccccc1. The molecule has 0 heterocycles. The van der Waals surface area contributed by atoms with Crippen molar-refractivity contribution in [2.24, 2.45) is 0 Å². The number of nitrogens with one attached hydrogen (secondary N) is 1. The highest BCUT2D eigenvalue weighted by Gasteiger charge is 2.35. The third-order valence-electron chi connectivity index (χ3n) is 7.21. The van der Waals surface area contributed by atoms with Gasteiger partial charge in [0.15, 0.2) is 0 Å². The summed E-state index contributed by atoms with van der Waals surface area (Å²) in [6.07, 6.45) is 0.936. The highest BCUT2D eigenvalue weighted by atomic mass is 35.5.